The molecule has 1 aliphatic heterocycles. The van der Waals surface area contributed by atoms with E-state index in [0.29, 0.717) is 13.1 Å². The number of carbonyl (C=O) groups excluding carboxylic acids is 1. The predicted octanol–water partition coefficient (Wildman–Crippen LogP) is 3.91. The molecule has 1 aromatic rings. The van der Waals surface area contributed by atoms with Gasteiger partial charge in [0.15, 0.2) is 0 Å². The molecule has 1 atom stereocenters. The number of pyridine rings is 1. The van der Waals surface area contributed by atoms with Gasteiger partial charge in [-0.3, -0.25) is 4.98 Å². The van der Waals surface area contributed by atoms with E-state index < -0.39 is 21.7 Å². The van der Waals surface area contributed by atoms with Crippen LogP contribution in [0.5, 0.6) is 0 Å². The van der Waals surface area contributed by atoms with Crippen molar-refractivity contribution in [1.82, 2.24) is 9.88 Å². The van der Waals surface area contributed by atoms with Gasteiger partial charge in [-0.1, -0.05) is 4.40 Å². The Balaban J connectivity index is 1.85. The topological polar surface area (TPSA) is 77.8 Å². The molecule has 1 saturated heterocycles. The predicted molar refractivity (Wildman–Crippen MR) is 112 cm³/mol. The van der Waals surface area contributed by atoms with E-state index in [4.69, 9.17) is 9.13 Å². The Kier molecular flexibility index (Phi) is 5.53. The second kappa shape index (κ2) is 7.34. The first-order valence-corrected chi connectivity index (χ1v) is 10.9. The molecule has 0 saturated carbocycles. The van der Waals surface area contributed by atoms with Crippen molar-refractivity contribution < 1.29 is 14.1 Å². The summed E-state index contributed by atoms with van der Waals surface area (Å²) in [5.74, 6) is 0. The summed E-state index contributed by atoms with van der Waals surface area (Å²) in [7, 11) is 0. The zero-order valence-electron chi connectivity index (χ0n) is 17.7. The summed E-state index contributed by atoms with van der Waals surface area (Å²) >= 11 is -1.34. The van der Waals surface area contributed by atoms with Crippen molar-refractivity contribution in [3.63, 3.8) is 0 Å². The van der Waals surface area contributed by atoms with Gasteiger partial charge in [0.25, 0.3) is 0 Å². The van der Waals surface area contributed by atoms with Crippen LogP contribution in [0.4, 0.5) is 4.79 Å². The second-order valence-electron chi connectivity index (χ2n) is 9.76. The number of hydrogen-bond acceptors (Lipinski definition) is 5. The number of aromatic nitrogens is 1. The highest BCUT2D eigenvalue weighted by Gasteiger charge is 2.48. The molecule has 154 valence electrons. The van der Waals surface area contributed by atoms with Gasteiger partial charge in [0.05, 0.1) is 0 Å². The summed E-state index contributed by atoms with van der Waals surface area (Å²) < 4.78 is 22.6. The van der Waals surface area contributed by atoms with Crippen LogP contribution in [0.2, 0.25) is 0 Å². The van der Waals surface area contributed by atoms with Crippen LogP contribution >= 0.6 is 0 Å². The zero-order chi connectivity index (χ0) is 20.7. The number of hydrogen-bond donors (Lipinski definition) is 0. The first-order chi connectivity index (χ1) is 12.9. The average Bonchev–Trinajstić information content (AvgIpc) is 2.86. The van der Waals surface area contributed by atoms with Crippen molar-refractivity contribution in [3.05, 3.63) is 29.6 Å². The van der Waals surface area contributed by atoms with E-state index >= 15 is 0 Å². The van der Waals surface area contributed by atoms with Crippen LogP contribution in [0.15, 0.2) is 22.9 Å². The lowest BCUT2D eigenvalue weighted by Gasteiger charge is -2.39. The molecule has 1 amide bonds. The van der Waals surface area contributed by atoms with Crippen LogP contribution in [0, 0.1) is 5.41 Å². The molecule has 28 heavy (non-hydrogen) atoms. The second-order valence-corrected chi connectivity index (χ2v) is 11.7. The molecule has 1 fully saturated rings. The highest BCUT2D eigenvalue weighted by molar-refractivity contribution is 7.91. The van der Waals surface area contributed by atoms with Crippen molar-refractivity contribution >= 4 is 23.2 Å². The van der Waals surface area contributed by atoms with Crippen LogP contribution in [-0.2, 0) is 22.5 Å². The molecule has 7 heteroatoms. The van der Waals surface area contributed by atoms with Crippen LogP contribution in [0.3, 0.4) is 0 Å². The van der Waals surface area contributed by atoms with Crippen LogP contribution < -0.4 is 0 Å². The van der Waals surface area contributed by atoms with Crippen molar-refractivity contribution in [2.45, 2.75) is 71.2 Å². The minimum Gasteiger partial charge on any atom is -0.591 e. The van der Waals surface area contributed by atoms with Gasteiger partial charge >= 0.3 is 6.09 Å². The number of nitrogens with zero attached hydrogens (tertiary/aromatic N) is 3. The van der Waals surface area contributed by atoms with Gasteiger partial charge in [-0.2, -0.15) is 0 Å². The summed E-state index contributed by atoms with van der Waals surface area (Å²) in [6.45, 7) is 12.7. The maximum atomic E-state index is 12.8. The molecule has 1 aromatic heterocycles. The Labute approximate surface area is 171 Å². The molecule has 6 nitrogen and oxygen atoms in total. The van der Waals surface area contributed by atoms with Gasteiger partial charge < -0.3 is 14.2 Å². The molecule has 1 unspecified atom stereocenters. The van der Waals surface area contributed by atoms with Gasteiger partial charge in [0.1, 0.15) is 27.4 Å². The Morgan fingerprint density at radius 3 is 2.46 bits per heavy atom. The maximum absolute atomic E-state index is 12.8. The molecule has 2 aliphatic rings. The van der Waals surface area contributed by atoms with Gasteiger partial charge in [-0.25, -0.2) is 4.79 Å². The van der Waals surface area contributed by atoms with Crippen molar-refractivity contribution in [1.29, 1.82) is 0 Å². The fraction of sp³-hybridized carbons (Fsp3) is 0.667. The highest BCUT2D eigenvalue weighted by Crippen LogP contribution is 2.45. The Bertz CT molecular complexity index is 772. The molecule has 1 spiro atoms. The summed E-state index contributed by atoms with van der Waals surface area (Å²) in [4.78, 5) is 18.5. The lowest BCUT2D eigenvalue weighted by molar-refractivity contribution is 0.0159. The zero-order valence-corrected chi connectivity index (χ0v) is 18.6. The number of ether oxygens (including phenoxy) is 1. The Morgan fingerprint density at radius 2 is 1.89 bits per heavy atom. The number of piperidine rings is 1. The van der Waals surface area contributed by atoms with Gasteiger partial charge in [0, 0.05) is 36.5 Å². The number of rotatable bonds is 1. The SMILES string of the molecule is CC(C)(C)OC(=O)N1CCC2(CC1)Cc1ccncc1C2=N[S+]([O-])C(C)(C)C. The number of fused-ring (bicyclic) bond motifs is 1. The minimum atomic E-state index is -1.34. The van der Waals surface area contributed by atoms with E-state index in [9.17, 15) is 9.35 Å². The average molecular weight is 406 g/mol. The summed E-state index contributed by atoms with van der Waals surface area (Å²) in [6, 6.07) is 2.03. The van der Waals surface area contributed by atoms with Crippen molar-refractivity contribution in [3.8, 4) is 0 Å². The van der Waals surface area contributed by atoms with E-state index in [-0.39, 0.29) is 11.5 Å². The highest BCUT2D eigenvalue weighted by atomic mass is 32.2. The van der Waals surface area contributed by atoms with E-state index in [0.717, 1.165) is 30.5 Å². The largest absolute Gasteiger partial charge is 0.591 e. The van der Waals surface area contributed by atoms with Crippen LogP contribution in [0.25, 0.3) is 0 Å². The lowest BCUT2D eigenvalue weighted by atomic mass is 9.75. The number of carbonyl (C=O) groups is 1. The quantitative estimate of drug-likeness (QED) is 0.664. The monoisotopic (exact) mass is 405 g/mol. The van der Waals surface area contributed by atoms with E-state index in [1.165, 1.54) is 5.56 Å². The fourth-order valence-electron chi connectivity index (χ4n) is 3.75. The van der Waals surface area contributed by atoms with Gasteiger partial charge in [-0.15, -0.1) is 0 Å². The molecular weight excluding hydrogens is 374 g/mol. The van der Waals surface area contributed by atoms with Crippen LogP contribution in [-0.4, -0.2) is 49.7 Å². The van der Waals surface area contributed by atoms with Crippen molar-refractivity contribution in [2.75, 3.05) is 13.1 Å². The molecule has 3 rings (SSSR count). The van der Waals surface area contributed by atoms with E-state index in [2.05, 4.69) is 4.98 Å². The van der Waals surface area contributed by atoms with Gasteiger partial charge in [-0.05, 0) is 72.4 Å². The standard InChI is InChI=1S/C21H31N3O3S/c1-19(2,3)27-18(25)24-11-8-21(9-12-24)13-15-7-10-22-14-16(15)17(21)23-28(26)20(4,5)6/h7,10,14H,8-9,11-13H2,1-6H3. The number of amides is 1. The summed E-state index contributed by atoms with van der Waals surface area (Å²) in [5.41, 5.74) is 2.41. The van der Waals surface area contributed by atoms with E-state index in [1.54, 1.807) is 11.1 Å². The first kappa shape index (κ1) is 21.1. The fourth-order valence-corrected chi connectivity index (χ4v) is 4.48. The third-order valence-corrected chi connectivity index (χ3v) is 6.66. The Morgan fingerprint density at radius 1 is 1.25 bits per heavy atom. The normalized spacial score (nSPS) is 21.7. The third-order valence-electron chi connectivity index (χ3n) is 5.27. The summed E-state index contributed by atoms with van der Waals surface area (Å²) in [6.07, 6.45) is 5.78. The maximum Gasteiger partial charge on any atom is 0.410 e. The number of likely N-dealkylation sites (tertiary alicyclic amines) is 1. The molecule has 0 bridgehead atoms. The van der Waals surface area contributed by atoms with E-state index in [1.807, 2.05) is 53.8 Å². The third kappa shape index (κ3) is 4.35. The molecule has 0 radical (unpaired) electrons. The molecule has 0 aromatic carbocycles. The minimum absolute atomic E-state index is 0.190. The van der Waals surface area contributed by atoms with Crippen molar-refractivity contribution in [2.24, 2.45) is 9.81 Å². The molecule has 1 aliphatic carbocycles. The molecular formula is C21H31N3O3S. The smallest absolute Gasteiger partial charge is 0.410 e. The summed E-state index contributed by atoms with van der Waals surface area (Å²) in [5, 5.41) is 0. The van der Waals surface area contributed by atoms with Gasteiger partial charge in [0.2, 0.25) is 0 Å². The molecule has 2 heterocycles. The molecule has 0 N–H and O–H groups in total. The lowest BCUT2D eigenvalue weighted by Crippen LogP contribution is -2.47. The first-order valence-electron chi connectivity index (χ1n) is 9.84. The Hall–Kier alpha value is -1.60. The van der Waals surface area contributed by atoms with Crippen LogP contribution in [0.1, 0.15) is 65.5 Å².